The van der Waals surface area contributed by atoms with Gasteiger partial charge in [-0.05, 0) is 75.1 Å². The van der Waals surface area contributed by atoms with Crippen LogP contribution < -0.4 is 24.8 Å². The van der Waals surface area contributed by atoms with Crippen molar-refractivity contribution in [3.8, 4) is 11.6 Å². The molecule has 3 aliphatic rings. The van der Waals surface area contributed by atoms with Gasteiger partial charge >= 0.3 is 16.4 Å². The second kappa shape index (κ2) is 15.0. The van der Waals surface area contributed by atoms with Crippen LogP contribution in [-0.2, 0) is 38.3 Å². The predicted molar refractivity (Wildman–Crippen MR) is 203 cm³/mol. The van der Waals surface area contributed by atoms with Crippen molar-refractivity contribution in [3.63, 3.8) is 0 Å². The third-order valence-electron chi connectivity index (χ3n) is 9.83. The molecule has 0 bridgehead atoms. The summed E-state index contributed by atoms with van der Waals surface area (Å²) in [6.07, 6.45) is 2.49. The number of carbonyl (C=O) groups excluding carboxylic acids is 4. The Hall–Kier alpha value is -4.48. The SMILES string of the molecule is C=C[C@@H]1C[C@]1(NC(=O)[C@@H]1C[C@@H](Oc2nccc3cc(OC)ccc23)CN1C(=O)[C@@H](NC(=O)OC(C)(C)COC)C(C)(C)C)C(=O)NS(=O)(=O)OC1(C)CC1.[HH].[HH].[HH]. The number of hydrogen-bond donors (Lipinski definition) is 3. The number of fused-ring (bicyclic) bond motifs is 1. The van der Waals surface area contributed by atoms with E-state index in [2.05, 4.69) is 22.2 Å². The minimum Gasteiger partial charge on any atom is -0.497 e. The van der Waals surface area contributed by atoms with E-state index in [4.69, 9.17) is 23.1 Å². The molecule has 54 heavy (non-hydrogen) atoms. The van der Waals surface area contributed by atoms with Crippen molar-refractivity contribution < 1.29 is 55.0 Å². The summed E-state index contributed by atoms with van der Waals surface area (Å²) in [7, 11) is -1.47. The van der Waals surface area contributed by atoms with Crippen LogP contribution in [-0.4, -0.2) is 104 Å². The van der Waals surface area contributed by atoms with Crippen LogP contribution in [0.5, 0.6) is 11.6 Å². The lowest BCUT2D eigenvalue weighted by Crippen LogP contribution is -2.60. The molecule has 5 atom stereocenters. The molecule has 17 heteroatoms. The zero-order valence-electron chi connectivity index (χ0n) is 32.0. The van der Waals surface area contributed by atoms with E-state index in [1.165, 1.54) is 18.1 Å². The summed E-state index contributed by atoms with van der Waals surface area (Å²) in [5.41, 5.74) is -4.43. The third-order valence-corrected chi connectivity index (χ3v) is 10.9. The molecule has 0 spiro atoms. The summed E-state index contributed by atoms with van der Waals surface area (Å²) >= 11 is 0. The first-order valence-corrected chi connectivity index (χ1v) is 19.2. The number of carbonyl (C=O) groups is 4. The number of nitrogens with one attached hydrogen (secondary N) is 3. The molecule has 4 amide bonds. The Kier molecular flexibility index (Phi) is 11.3. The van der Waals surface area contributed by atoms with Crippen LogP contribution in [0.25, 0.3) is 10.8 Å². The van der Waals surface area contributed by atoms with Gasteiger partial charge in [0.15, 0.2) is 0 Å². The molecule has 1 aliphatic heterocycles. The normalized spacial score (nSPS) is 23.9. The summed E-state index contributed by atoms with van der Waals surface area (Å²) < 4.78 is 55.1. The van der Waals surface area contributed by atoms with Gasteiger partial charge in [0.1, 0.15) is 35.1 Å². The molecule has 0 unspecified atom stereocenters. The Bertz CT molecular complexity index is 1930. The van der Waals surface area contributed by atoms with Crippen molar-refractivity contribution in [1.29, 1.82) is 0 Å². The van der Waals surface area contributed by atoms with Gasteiger partial charge in [0, 0.05) is 35.3 Å². The Morgan fingerprint density at radius 3 is 2.43 bits per heavy atom. The molecule has 2 aliphatic carbocycles. The first kappa shape index (κ1) is 40.7. The van der Waals surface area contributed by atoms with Crippen molar-refractivity contribution in [2.75, 3.05) is 27.4 Å². The number of benzene rings is 1. The van der Waals surface area contributed by atoms with Gasteiger partial charge in [-0.2, -0.15) is 8.42 Å². The quantitative estimate of drug-likeness (QED) is 0.221. The minimum absolute atomic E-state index is 0. The van der Waals surface area contributed by atoms with E-state index in [9.17, 15) is 27.6 Å². The summed E-state index contributed by atoms with van der Waals surface area (Å²) in [6, 6.07) is 4.79. The molecular formula is C37H57N5O11S. The highest BCUT2D eigenvalue weighted by Crippen LogP contribution is 2.46. The Morgan fingerprint density at radius 1 is 1.13 bits per heavy atom. The minimum atomic E-state index is -4.50. The number of rotatable bonds is 15. The largest absolute Gasteiger partial charge is 0.497 e. The molecule has 5 rings (SSSR count). The van der Waals surface area contributed by atoms with Crippen molar-refractivity contribution in [2.24, 2.45) is 11.3 Å². The van der Waals surface area contributed by atoms with Gasteiger partial charge in [-0.1, -0.05) is 26.8 Å². The van der Waals surface area contributed by atoms with Gasteiger partial charge in [0.05, 0.1) is 25.9 Å². The van der Waals surface area contributed by atoms with Crippen LogP contribution in [0.2, 0.25) is 0 Å². The highest BCUT2D eigenvalue weighted by atomic mass is 32.2. The second-order valence-electron chi connectivity index (χ2n) is 16.1. The topological polar surface area (TPSA) is 201 Å². The number of nitrogens with zero attached hydrogens (tertiary/aromatic N) is 2. The standard InChI is InChI=1S/C37H51N5O11S.3H2/c1-10-23-19-37(23,32(45)41-54(47,48)53-36(7)14-15-36)40-29(43)27-18-25(51-30-26-12-11-24(50-9)17-22(26)13-16-38-30)20-42(27)31(44)28(34(2,3)4)39-33(46)52-35(5,6)21-49-8;;;/h10-13,16-17,23,25,27-28H,1,14-15,18-21H2,2-9H3,(H,39,46)(H,40,43)(H,41,45);3*1H/t23-,25-,27+,28-,37-;;;/m1.../s1. The molecule has 0 radical (unpaired) electrons. The van der Waals surface area contributed by atoms with E-state index in [1.54, 1.807) is 73.0 Å². The van der Waals surface area contributed by atoms with Crippen LogP contribution in [0.15, 0.2) is 43.1 Å². The molecule has 16 nitrogen and oxygen atoms in total. The summed E-state index contributed by atoms with van der Waals surface area (Å²) in [6.45, 7) is 14.0. The van der Waals surface area contributed by atoms with E-state index >= 15 is 0 Å². The predicted octanol–water partition coefficient (Wildman–Crippen LogP) is 3.89. The van der Waals surface area contributed by atoms with Crippen LogP contribution in [0.3, 0.4) is 0 Å². The monoisotopic (exact) mass is 779 g/mol. The number of pyridine rings is 1. The zero-order valence-corrected chi connectivity index (χ0v) is 32.8. The molecule has 302 valence electrons. The van der Waals surface area contributed by atoms with Gasteiger partial charge in [-0.15, -0.1) is 6.58 Å². The zero-order chi connectivity index (χ0) is 39.9. The second-order valence-corrected chi connectivity index (χ2v) is 17.4. The number of hydrogen-bond acceptors (Lipinski definition) is 12. The van der Waals surface area contributed by atoms with Gasteiger partial charge in [-0.3, -0.25) is 14.4 Å². The van der Waals surface area contributed by atoms with E-state index in [0.29, 0.717) is 24.0 Å². The number of aromatic nitrogens is 1. The van der Waals surface area contributed by atoms with E-state index in [1.807, 2.05) is 10.8 Å². The number of ether oxygens (including phenoxy) is 4. The summed E-state index contributed by atoms with van der Waals surface area (Å²) in [4.78, 5) is 61.3. The number of methoxy groups -OCH3 is 2. The lowest BCUT2D eigenvalue weighted by Gasteiger charge is -2.36. The Balaban J connectivity index is 0.00000374. The van der Waals surface area contributed by atoms with Gasteiger partial charge in [0.2, 0.25) is 17.7 Å². The molecule has 2 aromatic rings. The lowest BCUT2D eigenvalue weighted by molar-refractivity contribution is -0.143. The Morgan fingerprint density at radius 2 is 1.83 bits per heavy atom. The fourth-order valence-electron chi connectivity index (χ4n) is 6.56. The smallest absolute Gasteiger partial charge is 0.408 e. The first-order chi connectivity index (χ1) is 25.1. The number of alkyl carbamates (subject to hydrolysis) is 1. The van der Waals surface area contributed by atoms with E-state index in [-0.39, 0.29) is 36.2 Å². The molecular weight excluding hydrogens is 722 g/mol. The highest BCUT2D eigenvalue weighted by Gasteiger charge is 2.62. The van der Waals surface area contributed by atoms with Crippen LogP contribution >= 0.6 is 0 Å². The molecule has 2 saturated carbocycles. The van der Waals surface area contributed by atoms with Crippen LogP contribution in [0, 0.1) is 11.3 Å². The Labute approximate surface area is 320 Å². The van der Waals surface area contributed by atoms with Crippen molar-refractivity contribution in [1.82, 2.24) is 25.2 Å². The maximum absolute atomic E-state index is 14.6. The summed E-state index contributed by atoms with van der Waals surface area (Å²) in [5.74, 6) is -2.02. The number of likely N-dealkylation sites (tertiary alicyclic amines) is 1. The van der Waals surface area contributed by atoms with Crippen LogP contribution in [0.4, 0.5) is 4.79 Å². The van der Waals surface area contributed by atoms with Gasteiger partial charge in [-0.25, -0.2) is 18.7 Å². The fourth-order valence-corrected chi connectivity index (χ4v) is 7.71. The van der Waals surface area contributed by atoms with E-state index < -0.39 is 80.4 Å². The maximum Gasteiger partial charge on any atom is 0.408 e. The molecule has 3 fully saturated rings. The first-order valence-electron chi connectivity index (χ1n) is 17.8. The van der Waals surface area contributed by atoms with Crippen LogP contribution in [0.1, 0.15) is 71.5 Å². The van der Waals surface area contributed by atoms with Gasteiger partial charge in [0.25, 0.3) is 5.91 Å². The summed E-state index contributed by atoms with van der Waals surface area (Å²) in [5, 5.41) is 6.89. The fraction of sp³-hybridized carbons (Fsp3) is 0.595. The maximum atomic E-state index is 14.6. The molecule has 1 aromatic heterocycles. The van der Waals surface area contributed by atoms with Gasteiger partial charge < -0.3 is 34.5 Å². The molecule has 3 N–H and O–H groups in total. The molecule has 1 saturated heterocycles. The molecule has 1 aromatic carbocycles. The lowest BCUT2D eigenvalue weighted by atomic mass is 9.85. The number of amides is 4. The van der Waals surface area contributed by atoms with Crippen molar-refractivity contribution >= 4 is 44.9 Å². The van der Waals surface area contributed by atoms with Crippen molar-refractivity contribution in [2.45, 2.75) is 102 Å². The highest BCUT2D eigenvalue weighted by molar-refractivity contribution is 7.85. The third kappa shape index (κ3) is 9.24. The van der Waals surface area contributed by atoms with E-state index in [0.717, 1.165) is 5.39 Å². The van der Waals surface area contributed by atoms with Crippen molar-refractivity contribution in [3.05, 3.63) is 43.1 Å². The average molecular weight is 780 g/mol. The average Bonchev–Trinajstić information content (AvgIpc) is 3.94. The molecule has 2 heterocycles.